The van der Waals surface area contributed by atoms with E-state index in [0.29, 0.717) is 5.92 Å². The van der Waals surface area contributed by atoms with Crippen LogP contribution in [0, 0.1) is 0 Å². The minimum atomic E-state index is 0.420. The van der Waals surface area contributed by atoms with E-state index in [0.717, 1.165) is 17.9 Å². The van der Waals surface area contributed by atoms with Crippen molar-refractivity contribution in [3.05, 3.63) is 48.0 Å². The average Bonchev–Trinajstić information content (AvgIpc) is 2.68. The van der Waals surface area contributed by atoms with E-state index in [1.165, 1.54) is 5.56 Å². The number of rotatable bonds is 3. The summed E-state index contributed by atoms with van der Waals surface area (Å²) in [5, 5.41) is 0. The van der Waals surface area contributed by atoms with Crippen LogP contribution in [0.2, 0.25) is 0 Å². The summed E-state index contributed by atoms with van der Waals surface area (Å²) in [6.07, 6.45) is 4.81. The molecule has 0 fully saturated rings. The van der Waals surface area contributed by atoms with Crippen molar-refractivity contribution in [2.45, 2.75) is 19.3 Å². The van der Waals surface area contributed by atoms with E-state index in [4.69, 9.17) is 5.73 Å². The Hall–Kier alpha value is -1.77. The molecule has 1 aromatic carbocycles. The van der Waals surface area contributed by atoms with E-state index >= 15 is 0 Å². The van der Waals surface area contributed by atoms with Gasteiger partial charge in [0.2, 0.25) is 0 Å². The highest BCUT2D eigenvalue weighted by Crippen LogP contribution is 2.18. The molecule has 0 saturated carbocycles. The Balaban J connectivity index is 2.10. The van der Waals surface area contributed by atoms with E-state index in [1.54, 1.807) is 0 Å². The molecule has 0 bridgehead atoms. The summed E-state index contributed by atoms with van der Waals surface area (Å²) in [5.74, 6) is 1.54. The predicted molar refractivity (Wildman–Crippen MR) is 66.2 cm³/mol. The predicted octanol–water partition coefficient (Wildman–Crippen LogP) is 2.35. The average molecular weight is 215 g/mol. The van der Waals surface area contributed by atoms with Gasteiger partial charge in [0.15, 0.2) is 0 Å². The largest absolute Gasteiger partial charge is 0.399 e. The van der Waals surface area contributed by atoms with Crippen LogP contribution in [0.15, 0.2) is 36.7 Å². The second-order valence-corrected chi connectivity index (χ2v) is 4.24. The van der Waals surface area contributed by atoms with Crippen molar-refractivity contribution < 1.29 is 0 Å². The second kappa shape index (κ2) is 4.39. The zero-order chi connectivity index (χ0) is 11.5. The molecule has 3 nitrogen and oxygen atoms in total. The van der Waals surface area contributed by atoms with Crippen LogP contribution >= 0.6 is 0 Å². The molecule has 0 aliphatic rings. The second-order valence-electron chi connectivity index (χ2n) is 4.24. The highest BCUT2D eigenvalue weighted by atomic mass is 15.0. The Morgan fingerprint density at radius 1 is 1.31 bits per heavy atom. The minimum absolute atomic E-state index is 0.420. The van der Waals surface area contributed by atoms with Crippen LogP contribution in [-0.4, -0.2) is 9.55 Å². The summed E-state index contributed by atoms with van der Waals surface area (Å²) in [6.45, 7) is 2.19. The summed E-state index contributed by atoms with van der Waals surface area (Å²) in [4.78, 5) is 4.37. The smallest absolute Gasteiger partial charge is 0.111 e. The van der Waals surface area contributed by atoms with E-state index in [-0.39, 0.29) is 0 Å². The standard InChI is InChI=1S/C13H17N3/c1-10(13-15-7-8-16(13)2)9-11-3-5-12(14)6-4-11/h3-8,10H,9,14H2,1-2H3. The van der Waals surface area contributed by atoms with Gasteiger partial charge in [0.1, 0.15) is 5.82 Å². The van der Waals surface area contributed by atoms with Crippen molar-refractivity contribution in [3.8, 4) is 0 Å². The molecule has 0 spiro atoms. The van der Waals surface area contributed by atoms with Crippen molar-refractivity contribution in [1.82, 2.24) is 9.55 Å². The molecule has 2 rings (SSSR count). The lowest BCUT2D eigenvalue weighted by Crippen LogP contribution is -2.05. The molecule has 1 aromatic heterocycles. The van der Waals surface area contributed by atoms with Crippen LogP contribution in [0.5, 0.6) is 0 Å². The van der Waals surface area contributed by atoms with Crippen molar-refractivity contribution in [2.75, 3.05) is 5.73 Å². The highest BCUT2D eigenvalue weighted by molar-refractivity contribution is 5.39. The van der Waals surface area contributed by atoms with Gasteiger partial charge in [0.25, 0.3) is 0 Å². The maximum atomic E-state index is 5.66. The van der Waals surface area contributed by atoms with Crippen LogP contribution in [0.25, 0.3) is 0 Å². The van der Waals surface area contributed by atoms with Gasteiger partial charge >= 0.3 is 0 Å². The molecule has 0 aliphatic carbocycles. The van der Waals surface area contributed by atoms with E-state index < -0.39 is 0 Å². The summed E-state index contributed by atoms with van der Waals surface area (Å²) in [7, 11) is 2.03. The number of benzene rings is 1. The quantitative estimate of drug-likeness (QED) is 0.799. The molecule has 1 atom stereocenters. The lowest BCUT2D eigenvalue weighted by atomic mass is 10.0. The lowest BCUT2D eigenvalue weighted by molar-refractivity contribution is 0.657. The number of anilines is 1. The first-order valence-electron chi connectivity index (χ1n) is 5.48. The zero-order valence-corrected chi connectivity index (χ0v) is 9.72. The first-order valence-corrected chi connectivity index (χ1v) is 5.48. The summed E-state index contributed by atoms with van der Waals surface area (Å²) >= 11 is 0. The topological polar surface area (TPSA) is 43.8 Å². The fourth-order valence-electron chi connectivity index (χ4n) is 1.95. The Kier molecular flexibility index (Phi) is 2.95. The molecule has 2 aromatic rings. The molecule has 84 valence electrons. The minimum Gasteiger partial charge on any atom is -0.399 e. The first kappa shape index (κ1) is 10.7. The molecule has 1 unspecified atom stereocenters. The molecule has 0 aliphatic heterocycles. The van der Waals surface area contributed by atoms with Gasteiger partial charge in [-0.15, -0.1) is 0 Å². The SMILES string of the molecule is CC(Cc1ccc(N)cc1)c1nccn1C. The van der Waals surface area contributed by atoms with Gasteiger partial charge in [-0.3, -0.25) is 0 Å². The van der Waals surface area contributed by atoms with E-state index in [2.05, 4.69) is 28.6 Å². The molecule has 2 N–H and O–H groups in total. The number of nitrogens with two attached hydrogens (primary N) is 1. The van der Waals surface area contributed by atoms with Crippen LogP contribution < -0.4 is 5.73 Å². The third-order valence-electron chi connectivity index (χ3n) is 2.82. The molecular formula is C13H17N3. The number of aromatic nitrogens is 2. The van der Waals surface area contributed by atoms with Gasteiger partial charge in [-0.25, -0.2) is 4.98 Å². The maximum absolute atomic E-state index is 5.66. The van der Waals surface area contributed by atoms with Crippen LogP contribution in [-0.2, 0) is 13.5 Å². The van der Waals surface area contributed by atoms with Crippen LogP contribution in [0.4, 0.5) is 5.69 Å². The normalized spacial score (nSPS) is 12.6. The van der Waals surface area contributed by atoms with Crippen molar-refractivity contribution >= 4 is 5.69 Å². The number of imidazole rings is 1. The molecule has 3 heteroatoms. The van der Waals surface area contributed by atoms with Gasteiger partial charge in [0.05, 0.1) is 0 Å². The molecule has 0 amide bonds. The molecule has 1 heterocycles. The van der Waals surface area contributed by atoms with Gasteiger partial charge in [0, 0.05) is 31.0 Å². The van der Waals surface area contributed by atoms with Gasteiger partial charge in [-0.1, -0.05) is 19.1 Å². The fourth-order valence-corrected chi connectivity index (χ4v) is 1.95. The van der Waals surface area contributed by atoms with Crippen LogP contribution in [0.3, 0.4) is 0 Å². The van der Waals surface area contributed by atoms with Crippen molar-refractivity contribution in [1.29, 1.82) is 0 Å². The monoisotopic (exact) mass is 215 g/mol. The lowest BCUT2D eigenvalue weighted by Gasteiger charge is -2.11. The molecule has 0 saturated heterocycles. The summed E-state index contributed by atoms with van der Waals surface area (Å²) in [6, 6.07) is 8.05. The Morgan fingerprint density at radius 2 is 2.00 bits per heavy atom. The number of aryl methyl sites for hydroxylation is 1. The Bertz CT molecular complexity index is 456. The number of hydrogen-bond donors (Lipinski definition) is 1. The first-order chi connectivity index (χ1) is 7.66. The molecular weight excluding hydrogens is 198 g/mol. The molecule has 16 heavy (non-hydrogen) atoms. The highest BCUT2D eigenvalue weighted by Gasteiger charge is 2.10. The maximum Gasteiger partial charge on any atom is 0.111 e. The van der Waals surface area contributed by atoms with Gasteiger partial charge in [-0.05, 0) is 24.1 Å². The summed E-state index contributed by atoms with van der Waals surface area (Å²) < 4.78 is 2.07. The van der Waals surface area contributed by atoms with E-state index in [1.807, 2.05) is 31.6 Å². The van der Waals surface area contributed by atoms with Crippen LogP contribution in [0.1, 0.15) is 24.2 Å². The number of hydrogen-bond acceptors (Lipinski definition) is 2. The van der Waals surface area contributed by atoms with Crippen molar-refractivity contribution in [2.24, 2.45) is 7.05 Å². The third-order valence-corrected chi connectivity index (χ3v) is 2.82. The molecule has 0 radical (unpaired) electrons. The number of nitrogen functional groups attached to an aromatic ring is 1. The Morgan fingerprint density at radius 3 is 2.56 bits per heavy atom. The van der Waals surface area contributed by atoms with Gasteiger partial charge < -0.3 is 10.3 Å². The summed E-state index contributed by atoms with van der Waals surface area (Å²) in [5.41, 5.74) is 7.77. The number of nitrogens with zero attached hydrogens (tertiary/aromatic N) is 2. The fraction of sp³-hybridized carbons (Fsp3) is 0.308. The Labute approximate surface area is 95.9 Å². The van der Waals surface area contributed by atoms with E-state index in [9.17, 15) is 0 Å². The third kappa shape index (κ3) is 2.24. The van der Waals surface area contributed by atoms with Gasteiger partial charge in [-0.2, -0.15) is 0 Å². The zero-order valence-electron chi connectivity index (χ0n) is 9.72. The van der Waals surface area contributed by atoms with Crippen molar-refractivity contribution in [3.63, 3.8) is 0 Å².